The normalized spacial score (nSPS) is 13.5. The zero-order valence-corrected chi connectivity index (χ0v) is 12.6. The number of hydrogen-bond acceptors (Lipinski definition) is 1. The van der Waals surface area contributed by atoms with Gasteiger partial charge in [0.2, 0.25) is 5.91 Å². The van der Waals surface area contributed by atoms with Crippen molar-refractivity contribution >= 4 is 11.6 Å². The first kappa shape index (κ1) is 16.1. The molecule has 0 saturated carbocycles. The summed E-state index contributed by atoms with van der Waals surface area (Å²) in [5, 5.41) is 2.51. The van der Waals surface area contributed by atoms with Gasteiger partial charge in [0.25, 0.3) is 0 Å². The molecule has 2 unspecified atom stereocenters. The summed E-state index contributed by atoms with van der Waals surface area (Å²) in [6.45, 7) is 3.97. The zero-order chi connectivity index (χ0) is 16.1. The molecule has 0 aliphatic rings. The minimum atomic E-state index is -0.647. The van der Waals surface area contributed by atoms with Crippen LogP contribution in [0.15, 0.2) is 48.5 Å². The van der Waals surface area contributed by atoms with Gasteiger partial charge >= 0.3 is 0 Å². The lowest BCUT2D eigenvalue weighted by molar-refractivity contribution is -0.118. The first-order valence-corrected chi connectivity index (χ1v) is 7.33. The van der Waals surface area contributed by atoms with Crippen LogP contribution in [0.5, 0.6) is 0 Å². The van der Waals surface area contributed by atoms with Crippen molar-refractivity contribution in [2.75, 3.05) is 5.32 Å². The molecule has 0 spiro atoms. The smallest absolute Gasteiger partial charge is 0.232 e. The fraction of sp³-hybridized carbons (Fsp3) is 0.278. The molecule has 2 nitrogen and oxygen atoms in total. The number of carbonyl (C=O) groups excluding carboxylic acids is 1. The second kappa shape index (κ2) is 7.16. The van der Waals surface area contributed by atoms with Gasteiger partial charge in [-0.3, -0.25) is 4.79 Å². The number of amides is 1. The summed E-state index contributed by atoms with van der Waals surface area (Å²) in [6.07, 6.45) is 0.804. The molecule has 0 radical (unpaired) electrons. The Hall–Kier alpha value is -2.23. The Morgan fingerprint density at radius 3 is 2.45 bits per heavy atom. The number of nitrogens with one attached hydrogen (secondary N) is 1. The molecule has 0 aliphatic carbocycles. The molecule has 2 aromatic carbocycles. The first-order valence-electron chi connectivity index (χ1n) is 7.33. The Bertz CT molecular complexity index is 643. The van der Waals surface area contributed by atoms with Crippen LogP contribution in [0.4, 0.5) is 14.5 Å². The average molecular weight is 303 g/mol. The second-order valence-corrected chi connectivity index (χ2v) is 5.39. The van der Waals surface area contributed by atoms with E-state index in [1.165, 1.54) is 0 Å². The zero-order valence-electron chi connectivity index (χ0n) is 12.6. The number of halogens is 2. The number of carbonyl (C=O) groups is 1. The van der Waals surface area contributed by atoms with Crippen molar-refractivity contribution < 1.29 is 13.6 Å². The molecular formula is C18H19F2NO. The van der Waals surface area contributed by atoms with Crippen molar-refractivity contribution in [1.29, 1.82) is 0 Å². The van der Waals surface area contributed by atoms with Gasteiger partial charge in [0.15, 0.2) is 0 Å². The quantitative estimate of drug-likeness (QED) is 0.849. The van der Waals surface area contributed by atoms with Crippen molar-refractivity contribution in [3.63, 3.8) is 0 Å². The van der Waals surface area contributed by atoms with Crippen LogP contribution in [0.25, 0.3) is 0 Å². The lowest BCUT2D eigenvalue weighted by Crippen LogP contribution is -2.26. The van der Waals surface area contributed by atoms with Gasteiger partial charge in [0, 0.05) is 6.07 Å². The summed E-state index contributed by atoms with van der Waals surface area (Å²) >= 11 is 0. The van der Waals surface area contributed by atoms with E-state index in [2.05, 4.69) is 5.32 Å². The molecule has 2 rings (SSSR count). The van der Waals surface area contributed by atoms with Gasteiger partial charge in [0.05, 0.1) is 11.6 Å². The van der Waals surface area contributed by atoms with Crippen LogP contribution in [0.3, 0.4) is 0 Å². The Morgan fingerprint density at radius 1 is 1.14 bits per heavy atom. The highest BCUT2D eigenvalue weighted by atomic mass is 19.1. The highest BCUT2D eigenvalue weighted by Gasteiger charge is 2.26. The summed E-state index contributed by atoms with van der Waals surface area (Å²) in [4.78, 5) is 12.6. The lowest BCUT2D eigenvalue weighted by Gasteiger charge is -2.23. The van der Waals surface area contributed by atoms with Crippen molar-refractivity contribution in [1.82, 2.24) is 0 Å². The molecule has 116 valence electrons. The molecule has 22 heavy (non-hydrogen) atoms. The van der Waals surface area contributed by atoms with Crippen LogP contribution in [0.2, 0.25) is 0 Å². The maximum Gasteiger partial charge on any atom is 0.232 e. The molecule has 0 fully saturated rings. The number of benzene rings is 2. The summed E-state index contributed by atoms with van der Waals surface area (Å²) in [5.74, 6) is -1.89. The van der Waals surface area contributed by atoms with Gasteiger partial charge in [-0.2, -0.15) is 0 Å². The summed E-state index contributed by atoms with van der Waals surface area (Å²) < 4.78 is 26.9. The largest absolute Gasteiger partial charge is 0.323 e. The third-order valence-corrected chi connectivity index (χ3v) is 3.84. The molecule has 0 aliphatic heterocycles. The van der Waals surface area contributed by atoms with Gasteiger partial charge in [-0.05, 0) is 23.6 Å². The SMILES string of the molecule is CCC(C)C(C(=O)Nc1cc(F)ccc1F)c1ccccc1. The topological polar surface area (TPSA) is 29.1 Å². The molecule has 0 aromatic heterocycles. The Balaban J connectivity index is 2.28. The summed E-state index contributed by atoms with van der Waals surface area (Å²) in [5.41, 5.74) is 0.736. The molecule has 2 atom stereocenters. The maximum atomic E-state index is 13.7. The van der Waals surface area contributed by atoms with E-state index in [-0.39, 0.29) is 17.5 Å². The Morgan fingerprint density at radius 2 is 1.82 bits per heavy atom. The first-order chi connectivity index (χ1) is 10.5. The molecular weight excluding hydrogens is 284 g/mol. The number of rotatable bonds is 5. The maximum absolute atomic E-state index is 13.7. The minimum absolute atomic E-state index is 0.0824. The van der Waals surface area contributed by atoms with Crippen LogP contribution in [0, 0.1) is 17.6 Å². The third-order valence-electron chi connectivity index (χ3n) is 3.84. The van der Waals surface area contributed by atoms with Crippen molar-refractivity contribution in [2.45, 2.75) is 26.2 Å². The lowest BCUT2D eigenvalue weighted by atomic mass is 9.85. The highest BCUT2D eigenvalue weighted by Crippen LogP contribution is 2.29. The van der Waals surface area contributed by atoms with Gasteiger partial charge in [-0.15, -0.1) is 0 Å². The van der Waals surface area contributed by atoms with Crippen LogP contribution in [0.1, 0.15) is 31.7 Å². The summed E-state index contributed by atoms with van der Waals surface area (Å²) in [6, 6.07) is 12.4. The van der Waals surface area contributed by atoms with E-state index in [1.54, 1.807) is 0 Å². The number of anilines is 1. The third kappa shape index (κ3) is 3.70. The predicted molar refractivity (Wildman–Crippen MR) is 83.6 cm³/mol. The Kier molecular flexibility index (Phi) is 5.26. The predicted octanol–water partition coefficient (Wildman–Crippen LogP) is 4.73. The molecule has 4 heteroatoms. The van der Waals surface area contributed by atoms with Crippen LogP contribution >= 0.6 is 0 Å². The minimum Gasteiger partial charge on any atom is -0.323 e. The van der Waals surface area contributed by atoms with Crippen molar-refractivity contribution in [3.05, 3.63) is 65.7 Å². The van der Waals surface area contributed by atoms with E-state index >= 15 is 0 Å². The van der Waals surface area contributed by atoms with E-state index < -0.39 is 17.6 Å². The van der Waals surface area contributed by atoms with Crippen LogP contribution in [-0.4, -0.2) is 5.91 Å². The van der Waals surface area contributed by atoms with E-state index in [0.717, 1.165) is 30.2 Å². The van der Waals surface area contributed by atoms with E-state index in [9.17, 15) is 13.6 Å². The second-order valence-electron chi connectivity index (χ2n) is 5.39. The number of hydrogen-bond donors (Lipinski definition) is 1. The molecule has 1 amide bonds. The fourth-order valence-corrected chi connectivity index (χ4v) is 2.44. The van der Waals surface area contributed by atoms with Gasteiger partial charge in [-0.1, -0.05) is 50.6 Å². The molecule has 0 saturated heterocycles. The average Bonchev–Trinajstić information content (AvgIpc) is 2.52. The van der Waals surface area contributed by atoms with Crippen molar-refractivity contribution in [3.8, 4) is 0 Å². The Labute approximate surface area is 129 Å². The molecule has 2 aromatic rings. The van der Waals surface area contributed by atoms with E-state index in [0.29, 0.717) is 0 Å². The highest BCUT2D eigenvalue weighted by molar-refractivity contribution is 5.96. The van der Waals surface area contributed by atoms with Crippen molar-refractivity contribution in [2.24, 2.45) is 5.92 Å². The molecule has 0 bridgehead atoms. The molecule has 0 heterocycles. The van der Waals surface area contributed by atoms with Gasteiger partial charge < -0.3 is 5.32 Å². The van der Waals surface area contributed by atoms with E-state index in [4.69, 9.17) is 0 Å². The van der Waals surface area contributed by atoms with Gasteiger partial charge in [-0.25, -0.2) is 8.78 Å². The fourth-order valence-electron chi connectivity index (χ4n) is 2.44. The molecule has 1 N–H and O–H groups in total. The van der Waals surface area contributed by atoms with Crippen LogP contribution < -0.4 is 5.32 Å². The van der Waals surface area contributed by atoms with E-state index in [1.807, 2.05) is 44.2 Å². The van der Waals surface area contributed by atoms with Gasteiger partial charge in [0.1, 0.15) is 11.6 Å². The standard InChI is InChI=1S/C18H19F2NO/c1-3-12(2)17(13-7-5-4-6-8-13)18(22)21-16-11-14(19)9-10-15(16)20/h4-12,17H,3H2,1-2H3,(H,21,22). The summed E-state index contributed by atoms with van der Waals surface area (Å²) in [7, 11) is 0. The van der Waals surface area contributed by atoms with Crippen LogP contribution in [-0.2, 0) is 4.79 Å². The monoisotopic (exact) mass is 303 g/mol.